The topological polar surface area (TPSA) is 18.5 Å². The number of rotatable bonds is 1. The van der Waals surface area contributed by atoms with Gasteiger partial charge in [-0.05, 0) is 51.0 Å². The zero-order valence-corrected chi connectivity index (χ0v) is 11.5. The summed E-state index contributed by atoms with van der Waals surface area (Å²) in [6.07, 6.45) is -0.151. The summed E-state index contributed by atoms with van der Waals surface area (Å²) in [5.74, 6) is 0. The Morgan fingerprint density at radius 1 is 1.46 bits per heavy atom. The van der Waals surface area contributed by atoms with Crippen LogP contribution in [0.15, 0.2) is 4.47 Å². The van der Waals surface area contributed by atoms with Crippen molar-refractivity contribution in [2.75, 3.05) is 13.2 Å². The Labute approximate surface area is 103 Å². The standard InChI is InChI=1S/C8H8BrIO2S/c1-4-5(9)6(13-7(4)10)8-11-2-3-12-8/h8H,2-3H2,1H3. The van der Waals surface area contributed by atoms with Crippen LogP contribution in [0.3, 0.4) is 0 Å². The number of hydrogen-bond acceptors (Lipinski definition) is 3. The van der Waals surface area contributed by atoms with Gasteiger partial charge < -0.3 is 9.47 Å². The minimum absolute atomic E-state index is 0.151. The van der Waals surface area contributed by atoms with E-state index in [4.69, 9.17) is 9.47 Å². The van der Waals surface area contributed by atoms with E-state index in [-0.39, 0.29) is 6.29 Å². The highest BCUT2D eigenvalue weighted by atomic mass is 127. The van der Waals surface area contributed by atoms with Crippen molar-refractivity contribution in [1.29, 1.82) is 0 Å². The Morgan fingerprint density at radius 3 is 2.54 bits per heavy atom. The van der Waals surface area contributed by atoms with Crippen LogP contribution in [0, 0.1) is 9.81 Å². The molecule has 2 rings (SSSR count). The SMILES string of the molecule is Cc1c(I)sc(C2OCCO2)c1Br. The zero-order chi connectivity index (χ0) is 9.42. The summed E-state index contributed by atoms with van der Waals surface area (Å²) in [7, 11) is 0. The summed E-state index contributed by atoms with van der Waals surface area (Å²) in [5, 5.41) is 0. The van der Waals surface area contributed by atoms with Crippen molar-refractivity contribution in [2.45, 2.75) is 13.2 Å². The first-order valence-electron chi connectivity index (χ1n) is 3.87. The molecule has 0 spiro atoms. The fourth-order valence-electron chi connectivity index (χ4n) is 1.15. The summed E-state index contributed by atoms with van der Waals surface area (Å²) >= 11 is 7.62. The average Bonchev–Trinajstić information content (AvgIpc) is 2.70. The van der Waals surface area contributed by atoms with Crippen molar-refractivity contribution in [3.05, 3.63) is 17.8 Å². The molecule has 0 atom stereocenters. The van der Waals surface area contributed by atoms with E-state index < -0.39 is 0 Å². The van der Waals surface area contributed by atoms with Crippen molar-refractivity contribution in [2.24, 2.45) is 0 Å². The van der Waals surface area contributed by atoms with Gasteiger partial charge >= 0.3 is 0 Å². The third-order valence-electron chi connectivity index (χ3n) is 1.88. The Bertz CT molecular complexity index is 320. The summed E-state index contributed by atoms with van der Waals surface area (Å²) in [6, 6.07) is 0. The quantitative estimate of drug-likeness (QED) is 0.701. The van der Waals surface area contributed by atoms with Crippen molar-refractivity contribution in [3.8, 4) is 0 Å². The van der Waals surface area contributed by atoms with Gasteiger partial charge in [0.1, 0.15) is 0 Å². The van der Waals surface area contributed by atoms with Crippen LogP contribution in [0.1, 0.15) is 16.7 Å². The molecule has 1 aromatic heterocycles. The highest BCUT2D eigenvalue weighted by Gasteiger charge is 2.24. The summed E-state index contributed by atoms with van der Waals surface area (Å²) < 4.78 is 13.3. The van der Waals surface area contributed by atoms with E-state index in [2.05, 4.69) is 45.4 Å². The molecule has 2 heterocycles. The van der Waals surface area contributed by atoms with Gasteiger partial charge in [0.2, 0.25) is 0 Å². The molecule has 1 aromatic rings. The molecule has 0 aromatic carbocycles. The van der Waals surface area contributed by atoms with Crippen LogP contribution in [0.25, 0.3) is 0 Å². The van der Waals surface area contributed by atoms with Crippen LogP contribution < -0.4 is 0 Å². The molecule has 2 nitrogen and oxygen atoms in total. The van der Waals surface area contributed by atoms with Gasteiger partial charge in [-0.2, -0.15) is 0 Å². The first-order chi connectivity index (χ1) is 6.20. The second kappa shape index (κ2) is 4.14. The highest BCUT2D eigenvalue weighted by molar-refractivity contribution is 14.1. The van der Waals surface area contributed by atoms with Gasteiger partial charge in [-0.3, -0.25) is 0 Å². The van der Waals surface area contributed by atoms with Crippen molar-refractivity contribution >= 4 is 49.9 Å². The molecule has 1 saturated heterocycles. The molecule has 13 heavy (non-hydrogen) atoms. The van der Waals surface area contributed by atoms with Gasteiger partial charge in [-0.15, -0.1) is 11.3 Å². The fourth-order valence-corrected chi connectivity index (χ4v) is 4.18. The molecule has 1 fully saturated rings. The van der Waals surface area contributed by atoms with Crippen LogP contribution >= 0.6 is 49.9 Å². The van der Waals surface area contributed by atoms with Crippen LogP contribution in [-0.2, 0) is 9.47 Å². The molecule has 0 saturated carbocycles. The molecular formula is C8H8BrIO2S. The van der Waals surface area contributed by atoms with E-state index in [1.54, 1.807) is 11.3 Å². The lowest BCUT2D eigenvalue weighted by molar-refractivity contribution is -0.0418. The van der Waals surface area contributed by atoms with Crippen LogP contribution in [-0.4, -0.2) is 13.2 Å². The van der Waals surface area contributed by atoms with Gasteiger partial charge in [0.15, 0.2) is 6.29 Å². The van der Waals surface area contributed by atoms with E-state index in [0.29, 0.717) is 13.2 Å². The third kappa shape index (κ3) is 1.94. The minimum Gasteiger partial charge on any atom is -0.345 e. The van der Waals surface area contributed by atoms with Crippen LogP contribution in [0.4, 0.5) is 0 Å². The Balaban J connectivity index is 2.34. The van der Waals surface area contributed by atoms with Gasteiger partial charge in [-0.1, -0.05) is 0 Å². The molecule has 1 aliphatic rings. The van der Waals surface area contributed by atoms with Gasteiger partial charge in [-0.25, -0.2) is 0 Å². The van der Waals surface area contributed by atoms with E-state index in [1.807, 2.05) is 0 Å². The molecule has 0 aliphatic carbocycles. The second-order valence-corrected chi connectivity index (χ2v) is 6.41. The zero-order valence-electron chi connectivity index (χ0n) is 6.97. The Morgan fingerprint density at radius 2 is 2.08 bits per heavy atom. The van der Waals surface area contributed by atoms with E-state index in [1.165, 1.54) is 8.45 Å². The van der Waals surface area contributed by atoms with Crippen molar-refractivity contribution < 1.29 is 9.47 Å². The number of ether oxygens (including phenoxy) is 2. The number of hydrogen-bond donors (Lipinski definition) is 0. The highest BCUT2D eigenvalue weighted by Crippen LogP contribution is 2.40. The van der Waals surface area contributed by atoms with Crippen molar-refractivity contribution in [1.82, 2.24) is 0 Å². The molecule has 0 radical (unpaired) electrons. The predicted molar refractivity (Wildman–Crippen MR) is 64.1 cm³/mol. The molecule has 0 N–H and O–H groups in total. The first-order valence-corrected chi connectivity index (χ1v) is 6.56. The monoisotopic (exact) mass is 374 g/mol. The second-order valence-electron chi connectivity index (χ2n) is 2.75. The summed E-state index contributed by atoms with van der Waals surface area (Å²) in [4.78, 5) is 1.15. The molecule has 1 aliphatic heterocycles. The van der Waals surface area contributed by atoms with E-state index in [0.717, 1.165) is 9.35 Å². The van der Waals surface area contributed by atoms with E-state index in [9.17, 15) is 0 Å². The maximum absolute atomic E-state index is 5.44. The average molecular weight is 375 g/mol. The number of thiophene rings is 1. The lowest BCUT2D eigenvalue weighted by Gasteiger charge is -2.06. The van der Waals surface area contributed by atoms with Crippen LogP contribution in [0.2, 0.25) is 0 Å². The molecular weight excluding hydrogens is 367 g/mol. The largest absolute Gasteiger partial charge is 0.345 e. The van der Waals surface area contributed by atoms with Crippen molar-refractivity contribution in [3.63, 3.8) is 0 Å². The lowest BCUT2D eigenvalue weighted by atomic mass is 10.3. The fraction of sp³-hybridized carbons (Fsp3) is 0.500. The van der Waals surface area contributed by atoms with E-state index >= 15 is 0 Å². The Kier molecular flexibility index (Phi) is 3.30. The third-order valence-corrected chi connectivity index (χ3v) is 5.73. The predicted octanol–water partition coefficient (Wildman–Crippen LogP) is 3.47. The maximum Gasteiger partial charge on any atom is 0.194 e. The summed E-state index contributed by atoms with van der Waals surface area (Å²) in [5.41, 5.74) is 1.28. The molecule has 0 bridgehead atoms. The van der Waals surface area contributed by atoms with Crippen LogP contribution in [0.5, 0.6) is 0 Å². The molecule has 72 valence electrons. The normalized spacial score (nSPS) is 18.4. The smallest absolute Gasteiger partial charge is 0.194 e. The maximum atomic E-state index is 5.44. The lowest BCUT2D eigenvalue weighted by Crippen LogP contribution is -1.95. The van der Waals surface area contributed by atoms with Gasteiger partial charge in [0, 0.05) is 4.47 Å². The van der Waals surface area contributed by atoms with Gasteiger partial charge in [0.25, 0.3) is 0 Å². The Hall–Kier alpha value is 0.830. The van der Waals surface area contributed by atoms with Gasteiger partial charge in [0.05, 0.1) is 21.0 Å². The minimum atomic E-state index is -0.151. The molecule has 0 amide bonds. The summed E-state index contributed by atoms with van der Waals surface area (Å²) in [6.45, 7) is 3.50. The molecule has 5 heteroatoms. The number of halogens is 2. The molecule has 0 unspecified atom stereocenters. The first kappa shape index (κ1) is 10.4.